The van der Waals surface area contributed by atoms with Gasteiger partial charge in [0.1, 0.15) is 0 Å². The maximum Gasteiger partial charge on any atom is 0.303 e. The van der Waals surface area contributed by atoms with Gasteiger partial charge in [0.2, 0.25) is 5.91 Å². The first kappa shape index (κ1) is 15.5. The Bertz CT molecular complexity index is 537. The Labute approximate surface area is 125 Å². The summed E-state index contributed by atoms with van der Waals surface area (Å²) in [5.74, 6) is -0.180. The van der Waals surface area contributed by atoms with Gasteiger partial charge in [-0.25, -0.2) is 0 Å². The van der Waals surface area contributed by atoms with Crippen molar-refractivity contribution in [2.24, 2.45) is 5.92 Å². The van der Waals surface area contributed by atoms with Crippen LogP contribution >= 0.6 is 0 Å². The molecule has 21 heavy (non-hydrogen) atoms. The average Bonchev–Trinajstić information content (AvgIpc) is 2.80. The smallest absolute Gasteiger partial charge is 0.303 e. The van der Waals surface area contributed by atoms with Gasteiger partial charge in [0, 0.05) is 25.1 Å². The molecule has 0 fully saturated rings. The Hall–Kier alpha value is -1.84. The SMILES string of the molecule is CC(C)CC(=O)N1CCc2cc(CCCC(=O)O)ccc21. The number of hydrogen-bond donors (Lipinski definition) is 1. The van der Waals surface area contributed by atoms with E-state index in [0.29, 0.717) is 18.8 Å². The maximum atomic E-state index is 12.2. The number of aryl methyl sites for hydroxylation is 1. The summed E-state index contributed by atoms with van der Waals surface area (Å²) in [5, 5.41) is 8.67. The number of carbonyl (C=O) groups is 2. The molecule has 1 N–H and O–H groups in total. The van der Waals surface area contributed by atoms with Crippen molar-refractivity contribution >= 4 is 17.6 Å². The molecule has 0 spiro atoms. The van der Waals surface area contributed by atoms with E-state index < -0.39 is 5.97 Å². The maximum absolute atomic E-state index is 12.2. The number of carboxylic acids is 1. The fraction of sp³-hybridized carbons (Fsp3) is 0.529. The van der Waals surface area contributed by atoms with Crippen LogP contribution in [0.25, 0.3) is 0 Å². The van der Waals surface area contributed by atoms with Crippen molar-refractivity contribution < 1.29 is 14.7 Å². The van der Waals surface area contributed by atoms with E-state index in [2.05, 4.69) is 19.9 Å². The highest BCUT2D eigenvalue weighted by atomic mass is 16.4. The molecule has 0 bridgehead atoms. The van der Waals surface area contributed by atoms with E-state index in [1.54, 1.807) is 0 Å². The molecule has 1 heterocycles. The van der Waals surface area contributed by atoms with Gasteiger partial charge in [0.15, 0.2) is 0 Å². The lowest BCUT2D eigenvalue weighted by molar-refractivity contribution is -0.137. The molecule has 0 saturated heterocycles. The van der Waals surface area contributed by atoms with Gasteiger partial charge in [-0.2, -0.15) is 0 Å². The number of benzene rings is 1. The van der Waals surface area contributed by atoms with Gasteiger partial charge < -0.3 is 10.0 Å². The molecule has 1 aromatic carbocycles. The number of rotatable bonds is 6. The molecule has 0 atom stereocenters. The normalized spacial score (nSPS) is 13.6. The third kappa shape index (κ3) is 4.06. The first-order valence-corrected chi connectivity index (χ1v) is 7.61. The minimum absolute atomic E-state index is 0.197. The van der Waals surface area contributed by atoms with E-state index in [0.717, 1.165) is 30.6 Å². The van der Waals surface area contributed by atoms with E-state index in [9.17, 15) is 9.59 Å². The lowest BCUT2D eigenvalue weighted by Gasteiger charge is -2.18. The van der Waals surface area contributed by atoms with Crippen molar-refractivity contribution in [3.8, 4) is 0 Å². The van der Waals surface area contributed by atoms with Crippen LogP contribution in [-0.4, -0.2) is 23.5 Å². The largest absolute Gasteiger partial charge is 0.481 e. The molecule has 0 radical (unpaired) electrons. The Kier molecular flexibility index (Phi) is 4.99. The van der Waals surface area contributed by atoms with Crippen LogP contribution in [0.5, 0.6) is 0 Å². The highest BCUT2D eigenvalue weighted by molar-refractivity contribution is 5.95. The van der Waals surface area contributed by atoms with Crippen LogP contribution in [0.15, 0.2) is 18.2 Å². The van der Waals surface area contributed by atoms with Crippen LogP contribution in [-0.2, 0) is 22.4 Å². The molecular weight excluding hydrogens is 266 g/mol. The predicted molar refractivity (Wildman–Crippen MR) is 82.5 cm³/mol. The molecule has 4 nitrogen and oxygen atoms in total. The number of carbonyl (C=O) groups excluding carboxylic acids is 1. The van der Waals surface area contributed by atoms with Crippen molar-refractivity contribution in [2.75, 3.05) is 11.4 Å². The zero-order valence-electron chi connectivity index (χ0n) is 12.8. The number of aliphatic carboxylic acids is 1. The lowest BCUT2D eigenvalue weighted by Crippen LogP contribution is -2.29. The second kappa shape index (κ2) is 6.74. The monoisotopic (exact) mass is 289 g/mol. The van der Waals surface area contributed by atoms with Crippen LogP contribution in [0, 0.1) is 5.92 Å². The lowest BCUT2D eigenvalue weighted by atomic mass is 10.0. The average molecular weight is 289 g/mol. The van der Waals surface area contributed by atoms with Gasteiger partial charge >= 0.3 is 5.97 Å². The van der Waals surface area contributed by atoms with Crippen molar-refractivity contribution in [2.45, 2.75) is 46.0 Å². The molecule has 0 aliphatic carbocycles. The number of hydrogen-bond acceptors (Lipinski definition) is 2. The summed E-state index contributed by atoms with van der Waals surface area (Å²) >= 11 is 0. The van der Waals surface area contributed by atoms with Crippen LogP contribution in [0.1, 0.15) is 44.2 Å². The predicted octanol–water partition coefficient (Wildman–Crippen LogP) is 3.03. The fourth-order valence-electron chi connectivity index (χ4n) is 2.77. The molecule has 0 unspecified atom stereocenters. The summed E-state index contributed by atoms with van der Waals surface area (Å²) in [6.45, 7) is 4.88. The van der Waals surface area contributed by atoms with Crippen molar-refractivity contribution in [1.82, 2.24) is 0 Å². The summed E-state index contributed by atoms with van der Waals surface area (Å²) in [6, 6.07) is 6.15. The molecule has 1 aliphatic rings. The number of nitrogens with zero attached hydrogens (tertiary/aromatic N) is 1. The summed E-state index contributed by atoms with van der Waals surface area (Å²) in [6.07, 6.45) is 3.12. The molecule has 1 amide bonds. The van der Waals surface area contributed by atoms with Crippen LogP contribution in [0.4, 0.5) is 5.69 Å². The van der Waals surface area contributed by atoms with Gasteiger partial charge in [-0.3, -0.25) is 9.59 Å². The molecule has 1 aromatic rings. The first-order valence-electron chi connectivity index (χ1n) is 7.61. The highest BCUT2D eigenvalue weighted by Gasteiger charge is 2.24. The zero-order chi connectivity index (χ0) is 15.4. The molecule has 4 heteroatoms. The van der Waals surface area contributed by atoms with Crippen LogP contribution < -0.4 is 4.90 Å². The Balaban J connectivity index is 2.02. The van der Waals surface area contributed by atoms with Crippen LogP contribution in [0.3, 0.4) is 0 Å². The van der Waals surface area contributed by atoms with Crippen molar-refractivity contribution in [3.05, 3.63) is 29.3 Å². The van der Waals surface area contributed by atoms with Crippen molar-refractivity contribution in [1.29, 1.82) is 0 Å². The quantitative estimate of drug-likeness (QED) is 0.875. The molecule has 0 saturated carbocycles. The molecule has 1 aliphatic heterocycles. The second-order valence-corrected chi connectivity index (χ2v) is 6.10. The van der Waals surface area contributed by atoms with Gasteiger partial charge in [0.25, 0.3) is 0 Å². The summed E-state index contributed by atoms with van der Waals surface area (Å²) in [5.41, 5.74) is 3.40. The Morgan fingerprint density at radius 1 is 1.33 bits per heavy atom. The number of carboxylic acid groups (broad SMARTS) is 1. The molecule has 114 valence electrons. The second-order valence-electron chi connectivity index (χ2n) is 6.10. The number of anilines is 1. The van der Waals surface area contributed by atoms with Gasteiger partial charge in [-0.05, 0) is 42.4 Å². The first-order chi connectivity index (χ1) is 9.97. The van der Waals surface area contributed by atoms with Crippen LogP contribution in [0.2, 0.25) is 0 Å². The topological polar surface area (TPSA) is 57.6 Å². The number of fused-ring (bicyclic) bond motifs is 1. The minimum Gasteiger partial charge on any atom is -0.481 e. The van der Waals surface area contributed by atoms with Gasteiger partial charge in [0.05, 0.1) is 0 Å². The summed E-state index contributed by atoms with van der Waals surface area (Å²) in [7, 11) is 0. The van der Waals surface area contributed by atoms with Gasteiger partial charge in [-0.1, -0.05) is 26.0 Å². The van der Waals surface area contributed by atoms with E-state index in [-0.39, 0.29) is 12.3 Å². The highest BCUT2D eigenvalue weighted by Crippen LogP contribution is 2.30. The standard InChI is InChI=1S/C17H23NO3/c1-12(2)10-16(19)18-9-8-14-11-13(6-7-15(14)18)4-3-5-17(20)21/h6-7,11-12H,3-5,8-10H2,1-2H3,(H,20,21). The Morgan fingerprint density at radius 2 is 2.10 bits per heavy atom. The van der Waals surface area contributed by atoms with E-state index in [1.165, 1.54) is 5.56 Å². The summed E-state index contributed by atoms with van der Waals surface area (Å²) < 4.78 is 0. The fourth-order valence-corrected chi connectivity index (χ4v) is 2.77. The van der Waals surface area contributed by atoms with E-state index in [4.69, 9.17) is 5.11 Å². The third-order valence-electron chi connectivity index (χ3n) is 3.78. The zero-order valence-corrected chi connectivity index (χ0v) is 12.8. The molecule has 2 rings (SSSR count). The summed E-state index contributed by atoms with van der Waals surface area (Å²) in [4.78, 5) is 24.6. The van der Waals surface area contributed by atoms with E-state index in [1.807, 2.05) is 17.0 Å². The number of amides is 1. The third-order valence-corrected chi connectivity index (χ3v) is 3.78. The van der Waals surface area contributed by atoms with Gasteiger partial charge in [-0.15, -0.1) is 0 Å². The Morgan fingerprint density at radius 3 is 2.76 bits per heavy atom. The van der Waals surface area contributed by atoms with E-state index >= 15 is 0 Å². The van der Waals surface area contributed by atoms with Crippen molar-refractivity contribution in [3.63, 3.8) is 0 Å². The minimum atomic E-state index is -0.749. The molecule has 0 aromatic heterocycles. The molecular formula is C17H23NO3.